The van der Waals surface area contributed by atoms with Crippen molar-refractivity contribution < 1.29 is 12.8 Å². The van der Waals surface area contributed by atoms with Gasteiger partial charge in [0.05, 0.1) is 4.90 Å². The number of nitrogens with two attached hydrogens (primary N) is 1. The Morgan fingerprint density at radius 3 is 2.62 bits per heavy atom. The van der Waals surface area contributed by atoms with Crippen molar-refractivity contribution in [3.05, 3.63) is 29.1 Å². The third-order valence-corrected chi connectivity index (χ3v) is 5.72. The number of aryl methyl sites for hydroxylation is 1. The zero-order chi connectivity index (χ0) is 15.6. The SMILES string of the molecule is Cc1cc(S(=O)(=O)N2CCCN(C)CC2)cc(CN)c1F. The van der Waals surface area contributed by atoms with Gasteiger partial charge in [0.25, 0.3) is 0 Å². The van der Waals surface area contributed by atoms with E-state index < -0.39 is 15.8 Å². The fraction of sp³-hybridized carbons (Fsp3) is 0.571. The molecule has 0 saturated carbocycles. The first-order chi connectivity index (χ1) is 9.86. The molecular formula is C14H22FN3O2S. The van der Waals surface area contributed by atoms with Crippen molar-refractivity contribution in [1.29, 1.82) is 0 Å². The molecule has 2 rings (SSSR count). The average molecular weight is 315 g/mol. The van der Waals surface area contributed by atoms with Gasteiger partial charge in [-0.15, -0.1) is 0 Å². The van der Waals surface area contributed by atoms with E-state index >= 15 is 0 Å². The van der Waals surface area contributed by atoms with Crippen LogP contribution in [0.4, 0.5) is 4.39 Å². The van der Waals surface area contributed by atoms with E-state index in [4.69, 9.17) is 5.73 Å². The first kappa shape index (κ1) is 16.4. The Morgan fingerprint density at radius 1 is 1.24 bits per heavy atom. The summed E-state index contributed by atoms with van der Waals surface area (Å²) in [6, 6.07) is 2.74. The Labute approximate surface area is 125 Å². The van der Waals surface area contributed by atoms with Crippen molar-refractivity contribution in [2.75, 3.05) is 33.2 Å². The van der Waals surface area contributed by atoms with Crippen molar-refractivity contribution in [3.63, 3.8) is 0 Å². The van der Waals surface area contributed by atoms with E-state index in [-0.39, 0.29) is 17.0 Å². The molecule has 0 bridgehead atoms. The number of halogens is 1. The molecular weight excluding hydrogens is 293 g/mol. The number of benzene rings is 1. The normalized spacial score (nSPS) is 18.7. The molecule has 1 saturated heterocycles. The van der Waals surface area contributed by atoms with E-state index in [0.717, 1.165) is 13.0 Å². The van der Waals surface area contributed by atoms with Gasteiger partial charge < -0.3 is 10.6 Å². The minimum atomic E-state index is -3.60. The predicted molar refractivity (Wildman–Crippen MR) is 79.9 cm³/mol. The Morgan fingerprint density at radius 2 is 1.95 bits per heavy atom. The summed E-state index contributed by atoms with van der Waals surface area (Å²) in [6.07, 6.45) is 0.791. The number of hydrogen-bond acceptors (Lipinski definition) is 4. The quantitative estimate of drug-likeness (QED) is 0.901. The van der Waals surface area contributed by atoms with Crippen LogP contribution in [0.1, 0.15) is 17.5 Å². The van der Waals surface area contributed by atoms with Crippen LogP contribution in [0.15, 0.2) is 17.0 Å². The van der Waals surface area contributed by atoms with Crippen LogP contribution in [0.5, 0.6) is 0 Å². The minimum Gasteiger partial charge on any atom is -0.326 e. The largest absolute Gasteiger partial charge is 0.326 e. The molecule has 1 aliphatic heterocycles. The maximum atomic E-state index is 13.8. The Kier molecular flexibility index (Phi) is 4.98. The molecule has 1 aromatic carbocycles. The highest BCUT2D eigenvalue weighted by Gasteiger charge is 2.27. The van der Waals surface area contributed by atoms with Crippen molar-refractivity contribution in [2.45, 2.75) is 24.8 Å². The van der Waals surface area contributed by atoms with Crippen LogP contribution in [0.2, 0.25) is 0 Å². The number of rotatable bonds is 3. The Balaban J connectivity index is 2.37. The second-order valence-electron chi connectivity index (χ2n) is 5.48. The predicted octanol–water partition coefficient (Wildman–Crippen LogP) is 0.919. The lowest BCUT2D eigenvalue weighted by Crippen LogP contribution is -2.34. The smallest absolute Gasteiger partial charge is 0.243 e. The molecule has 0 amide bonds. The van der Waals surface area contributed by atoms with Crippen molar-refractivity contribution in [3.8, 4) is 0 Å². The van der Waals surface area contributed by atoms with Gasteiger partial charge in [0.1, 0.15) is 5.82 Å². The Bertz CT molecular complexity index is 619. The molecule has 2 N–H and O–H groups in total. The zero-order valence-electron chi connectivity index (χ0n) is 12.5. The molecule has 0 radical (unpaired) electrons. The van der Waals surface area contributed by atoms with Gasteiger partial charge in [-0.1, -0.05) is 0 Å². The highest BCUT2D eigenvalue weighted by atomic mass is 32.2. The van der Waals surface area contributed by atoms with Gasteiger partial charge in [0, 0.05) is 31.7 Å². The van der Waals surface area contributed by atoms with Crippen LogP contribution in [0.3, 0.4) is 0 Å². The number of sulfonamides is 1. The molecule has 7 heteroatoms. The number of hydrogen-bond donors (Lipinski definition) is 1. The van der Waals surface area contributed by atoms with Crippen LogP contribution < -0.4 is 5.73 Å². The van der Waals surface area contributed by atoms with Gasteiger partial charge in [-0.25, -0.2) is 12.8 Å². The van der Waals surface area contributed by atoms with Crippen molar-refractivity contribution in [2.24, 2.45) is 5.73 Å². The zero-order valence-corrected chi connectivity index (χ0v) is 13.3. The topological polar surface area (TPSA) is 66.6 Å². The highest BCUT2D eigenvalue weighted by molar-refractivity contribution is 7.89. The van der Waals surface area contributed by atoms with Crippen molar-refractivity contribution >= 4 is 10.0 Å². The highest BCUT2D eigenvalue weighted by Crippen LogP contribution is 2.23. The standard InChI is InChI=1S/C14H22FN3O2S/c1-11-8-13(9-12(10-16)14(11)15)21(19,20)18-5-3-4-17(2)6-7-18/h8-9H,3-7,10,16H2,1-2H3. The molecule has 5 nitrogen and oxygen atoms in total. The summed E-state index contributed by atoms with van der Waals surface area (Å²) in [5.74, 6) is -0.424. The van der Waals surface area contributed by atoms with Gasteiger partial charge in [-0.05, 0) is 44.6 Å². The van der Waals surface area contributed by atoms with Crippen molar-refractivity contribution in [1.82, 2.24) is 9.21 Å². The minimum absolute atomic E-state index is 0.0151. The summed E-state index contributed by atoms with van der Waals surface area (Å²) in [5, 5.41) is 0. The summed E-state index contributed by atoms with van der Waals surface area (Å²) < 4.78 is 40.8. The van der Waals surface area contributed by atoms with Crippen LogP contribution in [0.25, 0.3) is 0 Å². The molecule has 0 spiro atoms. The summed E-state index contributed by atoms with van der Waals surface area (Å²) in [6.45, 7) is 4.06. The van der Waals surface area contributed by atoms with E-state index in [1.807, 2.05) is 7.05 Å². The average Bonchev–Trinajstić information content (AvgIpc) is 2.66. The summed E-state index contributed by atoms with van der Waals surface area (Å²) in [5.41, 5.74) is 6.04. The van der Waals surface area contributed by atoms with Gasteiger partial charge in [-0.2, -0.15) is 4.31 Å². The molecule has 1 fully saturated rings. The first-order valence-corrected chi connectivity index (χ1v) is 8.48. The van der Waals surface area contributed by atoms with E-state index in [0.29, 0.717) is 25.2 Å². The third-order valence-electron chi connectivity index (χ3n) is 3.84. The second-order valence-corrected chi connectivity index (χ2v) is 7.42. The molecule has 1 heterocycles. The van der Waals surface area contributed by atoms with Crippen LogP contribution in [-0.2, 0) is 16.6 Å². The summed E-state index contributed by atoms with van der Waals surface area (Å²) in [4.78, 5) is 2.24. The maximum absolute atomic E-state index is 13.8. The fourth-order valence-corrected chi connectivity index (χ4v) is 4.12. The molecule has 0 aromatic heterocycles. The third kappa shape index (κ3) is 3.42. The lowest BCUT2D eigenvalue weighted by Gasteiger charge is -2.21. The molecule has 118 valence electrons. The molecule has 0 aliphatic carbocycles. The summed E-state index contributed by atoms with van der Waals surface area (Å²) in [7, 11) is -1.62. The lowest BCUT2D eigenvalue weighted by atomic mass is 10.1. The van der Waals surface area contributed by atoms with E-state index in [1.54, 1.807) is 6.92 Å². The fourth-order valence-electron chi connectivity index (χ4n) is 2.52. The van der Waals surface area contributed by atoms with E-state index in [2.05, 4.69) is 4.90 Å². The van der Waals surface area contributed by atoms with E-state index in [1.165, 1.54) is 16.4 Å². The number of nitrogens with zero attached hydrogens (tertiary/aromatic N) is 2. The van der Waals surface area contributed by atoms with E-state index in [9.17, 15) is 12.8 Å². The van der Waals surface area contributed by atoms with Gasteiger partial charge in [-0.3, -0.25) is 0 Å². The number of likely N-dealkylation sites (N-methyl/N-ethyl adjacent to an activating group) is 1. The molecule has 0 atom stereocenters. The molecule has 1 aliphatic rings. The Hall–Kier alpha value is -1.02. The van der Waals surface area contributed by atoms with Gasteiger partial charge >= 0.3 is 0 Å². The molecule has 0 unspecified atom stereocenters. The maximum Gasteiger partial charge on any atom is 0.243 e. The molecule has 1 aromatic rings. The first-order valence-electron chi connectivity index (χ1n) is 7.04. The van der Waals surface area contributed by atoms with Gasteiger partial charge in [0.15, 0.2) is 0 Å². The molecule has 21 heavy (non-hydrogen) atoms. The second kappa shape index (κ2) is 6.39. The lowest BCUT2D eigenvalue weighted by molar-refractivity contribution is 0.347. The van der Waals surface area contributed by atoms with Crippen LogP contribution in [0, 0.1) is 12.7 Å². The van der Waals surface area contributed by atoms with Crippen LogP contribution in [-0.4, -0.2) is 50.8 Å². The van der Waals surface area contributed by atoms with Crippen LogP contribution >= 0.6 is 0 Å². The summed E-state index contributed by atoms with van der Waals surface area (Å²) >= 11 is 0. The monoisotopic (exact) mass is 315 g/mol. The van der Waals surface area contributed by atoms with Gasteiger partial charge in [0.2, 0.25) is 10.0 Å².